The zero-order chi connectivity index (χ0) is 80.0. The van der Waals surface area contributed by atoms with Crippen LogP contribution < -0.4 is 4.74 Å². The predicted molar refractivity (Wildman–Crippen MR) is 432 cm³/mol. The molecule has 7 rings (SSSR count). The fraction of sp³-hybridized carbons (Fsp3) is 0.500. The standard InChI is InChI=1S/C88H116N6O19/c1-67(54-103-45-41-99-37-33-95-5)109-62-74(63-110-68(2)55-104-46-42-100-38-34-96-6)60-107-58-73(59-108-61-75(64-111-69(3)56-105-47-43-101-39-35-97-7)65-112-70(4)57-106-48-44-102-40-36-98-8)66-113-88-50-82(80-21-29-86(30-22-80)93-91-84-25-17-78(18-26-84)76-13-9-71(52-89)10-14-76)49-83(51-88)81-23-31-87(32-24-81)94-92-85-27-19-79(20-28-85)77-15-11-72(53-90)12-16-77/h9-32,49-51,67-70,73-75H,33-48,54-66H2,1-8H3/t67-,68-,69-,70-/m0/s1. The van der Waals surface area contributed by atoms with E-state index in [9.17, 15) is 10.5 Å². The van der Waals surface area contributed by atoms with E-state index in [0.717, 1.165) is 44.5 Å². The van der Waals surface area contributed by atoms with E-state index in [-0.39, 0.29) is 62.0 Å². The molecule has 0 saturated carbocycles. The first-order valence-corrected chi connectivity index (χ1v) is 38.7. The summed E-state index contributed by atoms with van der Waals surface area (Å²) in [6, 6.07) is 57.0. The molecular formula is C88H116N6O19. The molecule has 0 aliphatic carbocycles. The molecule has 0 aliphatic rings. The molecular weight excluding hydrogens is 1440 g/mol. The number of azo groups is 2. The summed E-state index contributed by atoms with van der Waals surface area (Å²) in [5.74, 6) is -0.0395. The van der Waals surface area contributed by atoms with E-state index >= 15 is 0 Å². The Bertz CT molecular complexity index is 3480. The molecule has 0 amide bonds. The van der Waals surface area contributed by atoms with E-state index in [4.69, 9.17) is 90.0 Å². The lowest BCUT2D eigenvalue weighted by Gasteiger charge is -2.25. The fourth-order valence-electron chi connectivity index (χ4n) is 10.9. The normalized spacial score (nSPS) is 12.9. The Kier molecular flexibility index (Phi) is 46.3. The Morgan fingerprint density at radius 3 is 0.735 bits per heavy atom. The van der Waals surface area contributed by atoms with Crippen LogP contribution in [0.2, 0.25) is 0 Å². The molecule has 4 atom stereocenters. The molecule has 0 spiro atoms. The van der Waals surface area contributed by atoms with Crippen molar-refractivity contribution in [3.8, 4) is 62.4 Å². The zero-order valence-electron chi connectivity index (χ0n) is 67.1. The monoisotopic (exact) mass is 1560 g/mol. The van der Waals surface area contributed by atoms with Gasteiger partial charge in [-0.05, 0) is 163 Å². The maximum Gasteiger partial charge on any atom is 0.120 e. The maximum atomic E-state index is 9.29. The van der Waals surface area contributed by atoms with Gasteiger partial charge in [-0.3, -0.25) is 0 Å². The Labute approximate surface area is 667 Å². The molecule has 0 aliphatic heterocycles. The summed E-state index contributed by atoms with van der Waals surface area (Å²) in [6.45, 7) is 19.6. The molecule has 0 unspecified atom stereocenters. The van der Waals surface area contributed by atoms with Crippen LogP contribution >= 0.6 is 0 Å². The Morgan fingerprint density at radius 1 is 0.248 bits per heavy atom. The highest BCUT2D eigenvalue weighted by Gasteiger charge is 2.22. The van der Waals surface area contributed by atoms with E-state index in [1.165, 1.54) is 0 Å². The maximum absolute atomic E-state index is 9.29. The zero-order valence-corrected chi connectivity index (χ0v) is 67.1. The first kappa shape index (κ1) is 92.0. The Morgan fingerprint density at radius 2 is 0.478 bits per heavy atom. The number of rotatable bonds is 63. The van der Waals surface area contributed by atoms with Gasteiger partial charge in [-0.2, -0.15) is 31.0 Å². The summed E-state index contributed by atoms with van der Waals surface area (Å²) < 4.78 is 113. The average Bonchev–Trinajstić information content (AvgIpc) is 0.807. The van der Waals surface area contributed by atoms with Gasteiger partial charge in [-0.1, -0.05) is 72.8 Å². The van der Waals surface area contributed by atoms with Crippen LogP contribution in [0.25, 0.3) is 44.5 Å². The highest BCUT2D eigenvalue weighted by atomic mass is 16.6. The minimum Gasteiger partial charge on any atom is -0.493 e. The summed E-state index contributed by atoms with van der Waals surface area (Å²) in [5.41, 5.74) is 11.6. The number of hydrogen-bond donors (Lipinski definition) is 0. The number of hydrogen-bond acceptors (Lipinski definition) is 25. The summed E-state index contributed by atoms with van der Waals surface area (Å²) in [7, 11) is 6.57. The smallest absolute Gasteiger partial charge is 0.120 e. The van der Waals surface area contributed by atoms with Crippen molar-refractivity contribution in [1.82, 2.24) is 0 Å². The van der Waals surface area contributed by atoms with Crippen LogP contribution in [-0.2, 0) is 85.3 Å². The van der Waals surface area contributed by atoms with Crippen molar-refractivity contribution >= 4 is 22.7 Å². The number of nitriles is 2. The van der Waals surface area contributed by atoms with Crippen molar-refractivity contribution in [2.24, 2.45) is 38.2 Å². The van der Waals surface area contributed by atoms with E-state index < -0.39 is 0 Å². The van der Waals surface area contributed by atoms with Gasteiger partial charge >= 0.3 is 0 Å². The summed E-state index contributed by atoms with van der Waals surface area (Å²) in [4.78, 5) is 0. The van der Waals surface area contributed by atoms with Gasteiger partial charge in [0.15, 0.2) is 0 Å². The molecule has 612 valence electrons. The second-order valence-corrected chi connectivity index (χ2v) is 27.0. The van der Waals surface area contributed by atoms with Crippen molar-refractivity contribution in [3.05, 3.63) is 175 Å². The molecule has 25 heteroatoms. The van der Waals surface area contributed by atoms with Crippen molar-refractivity contribution in [2.45, 2.75) is 52.1 Å². The first-order valence-electron chi connectivity index (χ1n) is 38.7. The third-order valence-corrected chi connectivity index (χ3v) is 17.3. The van der Waals surface area contributed by atoms with Crippen LogP contribution in [0.15, 0.2) is 184 Å². The number of benzene rings is 7. The van der Waals surface area contributed by atoms with Gasteiger partial charge in [0.1, 0.15) is 5.75 Å². The van der Waals surface area contributed by atoms with Crippen molar-refractivity contribution in [3.63, 3.8) is 0 Å². The van der Waals surface area contributed by atoms with Crippen LogP contribution in [-0.4, -0.2) is 244 Å². The van der Waals surface area contributed by atoms with Gasteiger partial charge in [0.25, 0.3) is 0 Å². The van der Waals surface area contributed by atoms with Crippen molar-refractivity contribution in [1.29, 1.82) is 10.5 Å². The molecule has 0 radical (unpaired) electrons. The third kappa shape index (κ3) is 38.7. The van der Waals surface area contributed by atoms with Gasteiger partial charge in [0, 0.05) is 46.2 Å². The highest BCUT2D eigenvalue weighted by Crippen LogP contribution is 2.35. The lowest BCUT2D eigenvalue weighted by atomic mass is 9.98. The third-order valence-electron chi connectivity index (χ3n) is 17.3. The van der Waals surface area contributed by atoms with E-state index in [1.54, 1.807) is 28.4 Å². The Balaban J connectivity index is 1.13. The molecule has 7 aromatic rings. The van der Waals surface area contributed by atoms with E-state index in [0.29, 0.717) is 211 Å². The van der Waals surface area contributed by atoms with Crippen LogP contribution in [0.5, 0.6) is 5.75 Å². The minimum absolute atomic E-state index is 0.181. The predicted octanol–water partition coefficient (Wildman–Crippen LogP) is 15.5. The Hall–Kier alpha value is -8.20. The molecule has 0 heterocycles. The summed E-state index contributed by atoms with van der Waals surface area (Å²) in [5, 5.41) is 36.9. The fourth-order valence-corrected chi connectivity index (χ4v) is 10.9. The first-order chi connectivity index (χ1) is 55.4. The van der Waals surface area contributed by atoms with Crippen molar-refractivity contribution < 1.29 is 90.0 Å². The molecule has 0 bridgehead atoms. The SMILES string of the molecule is COCCOCCOC[C@H](C)OCC(COCC(COCC(CO[C@@H](C)COCCOCCOC)CO[C@@H](C)COCCOCCOC)COc1cc(-c2ccc(N=Nc3ccc(-c4ccc(C#N)cc4)cc3)cc2)cc(-c2ccc(N=Nc3ccc(-c4ccc(C#N)cc4)cc3)cc2)c1)CO[C@@H](C)COCCOCCOC. The molecule has 0 aromatic heterocycles. The van der Waals surface area contributed by atoms with E-state index in [1.807, 2.05) is 185 Å². The van der Waals surface area contributed by atoms with Gasteiger partial charge in [-0.15, -0.1) is 0 Å². The molecule has 113 heavy (non-hydrogen) atoms. The van der Waals surface area contributed by atoms with Crippen LogP contribution in [0.4, 0.5) is 22.7 Å². The van der Waals surface area contributed by atoms with Crippen LogP contribution in [0.3, 0.4) is 0 Å². The van der Waals surface area contributed by atoms with Gasteiger partial charge in [0.2, 0.25) is 0 Å². The topological polar surface area (TPSA) is 272 Å². The van der Waals surface area contributed by atoms with Gasteiger partial charge in [0.05, 0.1) is 262 Å². The van der Waals surface area contributed by atoms with E-state index in [2.05, 4.69) is 38.7 Å². The van der Waals surface area contributed by atoms with Crippen molar-refractivity contribution in [2.75, 3.05) is 220 Å². The second-order valence-electron chi connectivity index (χ2n) is 27.0. The minimum atomic E-state index is -0.297. The molecule has 0 fully saturated rings. The number of nitrogens with zero attached hydrogens (tertiary/aromatic N) is 6. The highest BCUT2D eigenvalue weighted by molar-refractivity contribution is 5.76. The lowest BCUT2D eigenvalue weighted by molar-refractivity contribution is -0.0869. The summed E-state index contributed by atoms with van der Waals surface area (Å²) in [6.07, 6.45) is -0.906. The second kappa shape index (κ2) is 56.9. The lowest BCUT2D eigenvalue weighted by Crippen LogP contribution is -2.32. The molecule has 25 nitrogen and oxygen atoms in total. The number of methoxy groups -OCH3 is 4. The number of ether oxygens (including phenoxy) is 19. The largest absolute Gasteiger partial charge is 0.493 e. The quantitative estimate of drug-likeness (QED) is 0.0253. The van der Waals surface area contributed by atoms with Gasteiger partial charge < -0.3 is 90.0 Å². The average molecular weight is 1560 g/mol. The van der Waals surface area contributed by atoms with Crippen LogP contribution in [0, 0.1) is 40.4 Å². The molecule has 7 aromatic carbocycles. The molecule has 0 N–H and O–H groups in total. The van der Waals surface area contributed by atoms with Crippen LogP contribution in [0.1, 0.15) is 38.8 Å². The summed E-state index contributed by atoms with van der Waals surface area (Å²) >= 11 is 0. The molecule has 0 saturated heterocycles. The van der Waals surface area contributed by atoms with Gasteiger partial charge in [-0.25, -0.2) is 0 Å².